The van der Waals surface area contributed by atoms with Crippen LogP contribution in [-0.2, 0) is 30.4 Å². The number of H-pyrrole nitrogens is 1. The zero-order valence-corrected chi connectivity index (χ0v) is 40.2. The minimum absolute atomic E-state index is 0.117. The molecule has 366 valence electrons. The average molecular weight is 946 g/mol. The van der Waals surface area contributed by atoms with Crippen molar-refractivity contribution < 1.29 is 33.0 Å². The van der Waals surface area contributed by atoms with Crippen LogP contribution >= 0.6 is 0 Å². The number of carbonyl (C=O) groups excluding carboxylic acids is 4. The van der Waals surface area contributed by atoms with E-state index >= 15 is 0 Å². The van der Waals surface area contributed by atoms with E-state index < -0.39 is 23.5 Å². The Kier molecular flexibility index (Phi) is 16.9. The van der Waals surface area contributed by atoms with Gasteiger partial charge in [-0.1, -0.05) is 70.2 Å². The molecule has 69 heavy (non-hydrogen) atoms. The van der Waals surface area contributed by atoms with Crippen LogP contribution in [0.5, 0.6) is 0 Å². The maximum atomic E-state index is 14.3. The standard InChI is InChI=1S/C51H64FN11O6/c1-7-43(35-13-9-8-10-14-35)59-49(66)44-24-40(32-62(44)50(67)46(51(3,4)5)60-48(65)33(2)53-6)54-17-19-69-21-20-68-18-16-45(64)63-31-37(26-58-63)36-23-41-42(28-56-47(41)55-25-36)38-27-57-61(30-38)29-34-12-11-15-39(52)22-34/h8-15,22-23,25-28,30-31,33,40,43-44,46,53-54H,7,16-21,24,29,32H2,1-6H3,(H,55,56)(H,59,66)(H,60,65)/t33-,40-,43+,44?,46?/m0/s1. The number of likely N-dealkylation sites (N-methyl/N-ethyl adjacent to an activating group) is 1. The number of nitrogens with zero attached hydrogens (tertiary/aromatic N) is 6. The summed E-state index contributed by atoms with van der Waals surface area (Å²) in [5, 5.41) is 22.2. The predicted octanol–water partition coefficient (Wildman–Crippen LogP) is 5.51. The lowest BCUT2D eigenvalue weighted by Gasteiger charge is -2.36. The first-order chi connectivity index (χ1) is 33.2. The van der Waals surface area contributed by atoms with E-state index in [9.17, 15) is 23.6 Å². The van der Waals surface area contributed by atoms with Crippen LogP contribution in [0.2, 0.25) is 0 Å². The van der Waals surface area contributed by atoms with Gasteiger partial charge in [0.2, 0.25) is 23.6 Å². The van der Waals surface area contributed by atoms with Crippen molar-refractivity contribution in [2.24, 2.45) is 5.41 Å². The Morgan fingerprint density at radius 1 is 0.899 bits per heavy atom. The molecule has 4 aromatic heterocycles. The number of fused-ring (bicyclic) bond motifs is 1. The minimum atomic E-state index is -0.856. The molecule has 1 aliphatic rings. The van der Waals surface area contributed by atoms with Crippen molar-refractivity contribution in [3.63, 3.8) is 0 Å². The molecule has 0 radical (unpaired) electrons. The number of nitrogens with one attached hydrogen (secondary N) is 5. The van der Waals surface area contributed by atoms with Gasteiger partial charge in [-0.05, 0) is 61.6 Å². The maximum absolute atomic E-state index is 14.3. The summed E-state index contributed by atoms with van der Waals surface area (Å²) >= 11 is 0. The number of hydrogen-bond donors (Lipinski definition) is 5. The third-order valence-electron chi connectivity index (χ3n) is 12.4. The van der Waals surface area contributed by atoms with Crippen LogP contribution in [0.3, 0.4) is 0 Å². The van der Waals surface area contributed by atoms with Crippen LogP contribution in [0.15, 0.2) is 97.8 Å². The number of ether oxygens (including phenoxy) is 2. The number of aromatic amines is 1. The molecule has 0 spiro atoms. The summed E-state index contributed by atoms with van der Waals surface area (Å²) in [5.41, 5.74) is 5.19. The van der Waals surface area contributed by atoms with Gasteiger partial charge >= 0.3 is 0 Å². The van der Waals surface area contributed by atoms with Gasteiger partial charge in [-0.3, -0.25) is 23.9 Å². The average Bonchev–Trinajstić information content (AvgIpc) is 4.18. The van der Waals surface area contributed by atoms with Crippen molar-refractivity contribution in [2.45, 2.75) is 90.6 Å². The maximum Gasteiger partial charge on any atom is 0.249 e. The summed E-state index contributed by atoms with van der Waals surface area (Å²) in [6, 6.07) is 15.7. The smallest absolute Gasteiger partial charge is 0.249 e. The van der Waals surface area contributed by atoms with Gasteiger partial charge in [-0.15, -0.1) is 0 Å². The van der Waals surface area contributed by atoms with E-state index in [0.29, 0.717) is 44.8 Å². The normalized spacial score (nSPS) is 16.4. The van der Waals surface area contributed by atoms with Crippen LogP contribution in [-0.4, -0.2) is 129 Å². The monoisotopic (exact) mass is 946 g/mol. The molecule has 7 rings (SSSR count). The second-order valence-electron chi connectivity index (χ2n) is 18.5. The fraction of sp³-hybridized carbons (Fsp3) is 0.431. The van der Waals surface area contributed by atoms with E-state index in [1.807, 2.05) is 82.6 Å². The first-order valence-corrected chi connectivity index (χ1v) is 23.6. The molecule has 0 aliphatic carbocycles. The van der Waals surface area contributed by atoms with Crippen molar-refractivity contribution in [1.29, 1.82) is 0 Å². The fourth-order valence-electron chi connectivity index (χ4n) is 8.41. The highest BCUT2D eigenvalue weighted by Gasteiger charge is 2.45. The Morgan fingerprint density at radius 2 is 1.67 bits per heavy atom. The van der Waals surface area contributed by atoms with Gasteiger partial charge in [0.25, 0.3) is 0 Å². The third-order valence-corrected chi connectivity index (χ3v) is 12.4. The van der Waals surface area contributed by atoms with Gasteiger partial charge in [-0.2, -0.15) is 10.2 Å². The number of pyridine rings is 1. The van der Waals surface area contributed by atoms with E-state index in [2.05, 4.69) is 41.4 Å². The lowest BCUT2D eigenvalue weighted by atomic mass is 9.85. The van der Waals surface area contributed by atoms with E-state index in [0.717, 1.165) is 38.8 Å². The highest BCUT2D eigenvalue weighted by atomic mass is 19.1. The highest BCUT2D eigenvalue weighted by molar-refractivity contribution is 5.96. The van der Waals surface area contributed by atoms with Crippen molar-refractivity contribution in [3.8, 4) is 22.3 Å². The predicted molar refractivity (Wildman–Crippen MR) is 260 cm³/mol. The van der Waals surface area contributed by atoms with Crippen molar-refractivity contribution in [3.05, 3.63) is 115 Å². The van der Waals surface area contributed by atoms with Crippen LogP contribution in [0, 0.1) is 11.2 Å². The Morgan fingerprint density at radius 3 is 2.41 bits per heavy atom. The quantitative estimate of drug-likeness (QED) is 0.0538. The van der Waals surface area contributed by atoms with Gasteiger partial charge in [0.05, 0.1) is 63.9 Å². The van der Waals surface area contributed by atoms with Gasteiger partial charge in [0, 0.05) is 71.6 Å². The Bertz CT molecular complexity index is 2680. The van der Waals surface area contributed by atoms with E-state index in [1.165, 1.54) is 16.8 Å². The molecule has 3 amide bonds. The Balaban J connectivity index is 0.859. The van der Waals surface area contributed by atoms with Gasteiger partial charge in [-0.25, -0.2) is 14.1 Å². The summed E-state index contributed by atoms with van der Waals surface area (Å²) in [4.78, 5) is 63.8. The van der Waals surface area contributed by atoms with Crippen LogP contribution in [0.1, 0.15) is 75.8 Å². The molecule has 0 saturated carbocycles. The van der Waals surface area contributed by atoms with E-state index in [4.69, 9.17) is 9.47 Å². The van der Waals surface area contributed by atoms with Crippen LogP contribution < -0.4 is 21.3 Å². The van der Waals surface area contributed by atoms with Gasteiger partial charge in [0.15, 0.2) is 0 Å². The van der Waals surface area contributed by atoms with Crippen LogP contribution in [0.4, 0.5) is 4.39 Å². The molecule has 5 N–H and O–H groups in total. The summed E-state index contributed by atoms with van der Waals surface area (Å²) in [7, 11) is 1.69. The molecule has 6 aromatic rings. The molecule has 18 heteroatoms. The molecular formula is C51H64FN11O6. The van der Waals surface area contributed by atoms with Gasteiger partial charge in [0.1, 0.15) is 23.5 Å². The SMILES string of the molecule is CC[C@@H](NC(=O)C1C[C@H](NCCOCCOCCC(=O)n2cc(-c3cnc4[nH]cc(-c5cnn(Cc6cccc(F)c6)c5)c4c3)cn2)CN1C(=O)C(NC(=O)[C@H](C)NC)C(C)(C)C)c1ccccc1. The van der Waals surface area contributed by atoms with E-state index in [1.54, 1.807) is 54.4 Å². The third kappa shape index (κ3) is 12.9. The number of carbonyl (C=O) groups is 4. The molecule has 5 heterocycles. The van der Waals surface area contributed by atoms with Crippen molar-refractivity contribution in [1.82, 2.24) is 55.7 Å². The summed E-state index contributed by atoms with van der Waals surface area (Å²) in [6.07, 6.45) is 11.8. The number of amides is 3. The summed E-state index contributed by atoms with van der Waals surface area (Å²) in [6.45, 7) is 11.8. The zero-order chi connectivity index (χ0) is 49.1. The second kappa shape index (κ2) is 23.1. The topological polar surface area (TPSA) is 202 Å². The van der Waals surface area contributed by atoms with Crippen molar-refractivity contribution in [2.75, 3.05) is 46.6 Å². The number of benzene rings is 2. The molecule has 1 fully saturated rings. The molecule has 0 bridgehead atoms. The number of likely N-dealkylation sites (tertiary alicyclic amines) is 1. The highest BCUT2D eigenvalue weighted by Crippen LogP contribution is 2.31. The molecule has 2 unspecified atom stereocenters. The van der Waals surface area contributed by atoms with E-state index in [-0.39, 0.29) is 67.7 Å². The van der Waals surface area contributed by atoms with Gasteiger partial charge < -0.3 is 40.6 Å². The first kappa shape index (κ1) is 50.3. The molecular weight excluding hydrogens is 882 g/mol. The lowest BCUT2D eigenvalue weighted by molar-refractivity contribution is -0.144. The molecule has 17 nitrogen and oxygen atoms in total. The number of rotatable bonds is 22. The fourth-order valence-corrected chi connectivity index (χ4v) is 8.41. The number of hydrogen-bond acceptors (Lipinski definition) is 11. The minimum Gasteiger partial charge on any atom is -0.379 e. The molecule has 2 aromatic carbocycles. The largest absolute Gasteiger partial charge is 0.379 e. The second-order valence-corrected chi connectivity index (χ2v) is 18.5. The lowest BCUT2D eigenvalue weighted by Crippen LogP contribution is -2.59. The van der Waals surface area contributed by atoms with Crippen molar-refractivity contribution >= 4 is 34.7 Å². The Labute approximate surface area is 401 Å². The Hall–Kier alpha value is -6.60. The molecule has 5 atom stereocenters. The van der Waals surface area contributed by atoms with Crippen LogP contribution in [0.25, 0.3) is 33.3 Å². The zero-order valence-electron chi connectivity index (χ0n) is 40.2. The number of halogens is 1. The first-order valence-electron chi connectivity index (χ1n) is 23.6. The number of aromatic nitrogens is 6. The summed E-state index contributed by atoms with van der Waals surface area (Å²) in [5.74, 6) is -1.36. The summed E-state index contributed by atoms with van der Waals surface area (Å²) < 4.78 is 28.3. The molecule has 1 aliphatic heterocycles. The molecule has 1 saturated heterocycles.